The van der Waals surface area contributed by atoms with Crippen LogP contribution in [0.25, 0.3) is 0 Å². The number of carbonyl (C=O) groups is 2. The second kappa shape index (κ2) is 3.91. The fourth-order valence-corrected chi connectivity index (χ4v) is 1.01. The van der Waals surface area contributed by atoms with Crippen LogP contribution in [0.5, 0.6) is 0 Å². The molecule has 7 nitrogen and oxygen atoms in total. The lowest BCUT2D eigenvalue weighted by Crippen LogP contribution is -2.56. The Bertz CT molecular complexity index is 255. The number of carbonyl (C=O) groups excluding carboxylic acids is 1. The minimum absolute atomic E-state index is 0.301. The molecule has 0 bridgehead atoms. The summed E-state index contributed by atoms with van der Waals surface area (Å²) in [6.07, 6.45) is -2.93. The van der Waals surface area contributed by atoms with E-state index in [1.54, 1.807) is 0 Å². The van der Waals surface area contributed by atoms with Gasteiger partial charge in [-0.05, 0) is 6.92 Å². The quantitative estimate of drug-likeness (QED) is 0.479. The highest BCUT2D eigenvalue weighted by Crippen LogP contribution is 2.13. The van der Waals surface area contributed by atoms with E-state index in [0.29, 0.717) is 5.06 Å². The number of aliphatic hydroxyl groups is 2. The Morgan fingerprint density at radius 1 is 1.64 bits per heavy atom. The first-order valence-electron chi connectivity index (χ1n) is 4.00. The first-order chi connectivity index (χ1) is 6.45. The van der Waals surface area contributed by atoms with Gasteiger partial charge in [-0.1, -0.05) is 0 Å². The smallest absolute Gasteiger partial charge is 0.328 e. The molecule has 0 spiro atoms. The SMILES string of the molecule is CC(C(=O)O)N1OC[C@@H](O)[C@@H](O)C1=O. The maximum atomic E-state index is 11.2. The van der Waals surface area contributed by atoms with Gasteiger partial charge in [0, 0.05) is 0 Å². The fourth-order valence-electron chi connectivity index (χ4n) is 1.01. The summed E-state index contributed by atoms with van der Waals surface area (Å²) in [6.45, 7) is 0.940. The Hall–Kier alpha value is -1.18. The third kappa shape index (κ3) is 1.84. The molecular weight excluding hydrogens is 194 g/mol. The van der Waals surface area contributed by atoms with Crippen LogP contribution >= 0.6 is 0 Å². The highest BCUT2D eigenvalue weighted by Gasteiger charge is 2.39. The van der Waals surface area contributed by atoms with Gasteiger partial charge in [0.25, 0.3) is 5.91 Å². The molecule has 1 heterocycles. The van der Waals surface area contributed by atoms with Crippen LogP contribution in [0.3, 0.4) is 0 Å². The van der Waals surface area contributed by atoms with Crippen LogP contribution in [0.1, 0.15) is 6.92 Å². The van der Waals surface area contributed by atoms with Crippen LogP contribution in [-0.2, 0) is 14.4 Å². The third-order valence-electron chi connectivity index (χ3n) is 1.93. The van der Waals surface area contributed by atoms with Crippen molar-refractivity contribution in [2.45, 2.75) is 25.2 Å². The fraction of sp³-hybridized carbons (Fsp3) is 0.714. The number of hydroxylamine groups is 2. The molecule has 0 aromatic rings. The number of carboxylic acid groups (broad SMARTS) is 1. The Balaban J connectivity index is 2.73. The largest absolute Gasteiger partial charge is 0.480 e. The number of rotatable bonds is 2. The second-order valence-corrected chi connectivity index (χ2v) is 2.99. The van der Waals surface area contributed by atoms with E-state index >= 15 is 0 Å². The number of carboxylic acids is 1. The average Bonchev–Trinajstić information content (AvgIpc) is 2.13. The molecule has 1 rings (SSSR count). The van der Waals surface area contributed by atoms with Gasteiger partial charge in [-0.25, -0.2) is 9.86 Å². The standard InChI is InChI=1S/C7H11NO6/c1-3(7(12)13)8-6(11)5(10)4(9)2-14-8/h3-5,9-10H,2H2,1H3,(H,12,13)/t3?,4-,5-/m1/s1. The lowest BCUT2D eigenvalue weighted by molar-refractivity contribution is -0.246. The highest BCUT2D eigenvalue weighted by atomic mass is 16.7. The number of hydrogen-bond acceptors (Lipinski definition) is 5. The zero-order chi connectivity index (χ0) is 10.9. The minimum atomic E-state index is -1.62. The van der Waals surface area contributed by atoms with E-state index in [9.17, 15) is 9.59 Å². The van der Waals surface area contributed by atoms with Crippen LogP contribution in [-0.4, -0.2) is 57.1 Å². The summed E-state index contributed by atoms with van der Waals surface area (Å²) in [5.41, 5.74) is 0. The predicted octanol–water partition coefficient (Wildman–Crippen LogP) is -2.04. The molecule has 0 radical (unpaired) electrons. The Labute approximate surface area is 79.5 Å². The Morgan fingerprint density at radius 3 is 2.71 bits per heavy atom. The Kier molecular flexibility index (Phi) is 3.04. The number of aliphatic hydroxyl groups excluding tert-OH is 2. The number of aliphatic carboxylic acids is 1. The summed E-state index contributed by atoms with van der Waals surface area (Å²) in [4.78, 5) is 26.4. The van der Waals surface area contributed by atoms with Crippen LogP contribution in [0.2, 0.25) is 0 Å². The topological polar surface area (TPSA) is 107 Å². The van der Waals surface area contributed by atoms with Gasteiger partial charge in [-0.15, -0.1) is 0 Å². The summed E-state index contributed by atoms with van der Waals surface area (Å²) in [5.74, 6) is -2.19. The van der Waals surface area contributed by atoms with Crippen LogP contribution < -0.4 is 0 Å². The molecule has 1 unspecified atom stereocenters. The summed E-state index contributed by atoms with van der Waals surface area (Å²) in [6, 6.07) is -1.19. The molecule has 1 aliphatic heterocycles. The van der Waals surface area contributed by atoms with Gasteiger partial charge in [0.1, 0.15) is 12.7 Å². The number of nitrogens with zero attached hydrogens (tertiary/aromatic N) is 1. The molecule has 0 aromatic heterocycles. The zero-order valence-corrected chi connectivity index (χ0v) is 7.45. The molecule has 0 saturated carbocycles. The molecule has 80 valence electrons. The average molecular weight is 205 g/mol. The maximum absolute atomic E-state index is 11.2. The summed E-state index contributed by atoms with van der Waals surface area (Å²) in [5, 5.41) is 27.3. The zero-order valence-electron chi connectivity index (χ0n) is 7.45. The van der Waals surface area contributed by atoms with E-state index in [0.717, 1.165) is 0 Å². The molecule has 0 aliphatic carbocycles. The van der Waals surface area contributed by atoms with Gasteiger partial charge in [0.05, 0.1) is 0 Å². The third-order valence-corrected chi connectivity index (χ3v) is 1.93. The molecule has 1 fully saturated rings. The van der Waals surface area contributed by atoms with Crippen molar-refractivity contribution in [3.63, 3.8) is 0 Å². The van der Waals surface area contributed by atoms with Crippen molar-refractivity contribution in [1.82, 2.24) is 5.06 Å². The Morgan fingerprint density at radius 2 is 2.21 bits per heavy atom. The molecule has 0 aromatic carbocycles. The van der Waals surface area contributed by atoms with Gasteiger partial charge in [-0.3, -0.25) is 9.63 Å². The van der Waals surface area contributed by atoms with Gasteiger partial charge in [0.2, 0.25) is 0 Å². The first kappa shape index (κ1) is 10.9. The molecular formula is C7H11NO6. The van der Waals surface area contributed by atoms with Crippen molar-refractivity contribution in [2.24, 2.45) is 0 Å². The van der Waals surface area contributed by atoms with Gasteiger partial charge >= 0.3 is 5.97 Å². The van der Waals surface area contributed by atoms with Crippen molar-refractivity contribution in [3.05, 3.63) is 0 Å². The van der Waals surface area contributed by atoms with E-state index < -0.39 is 30.1 Å². The van der Waals surface area contributed by atoms with Gasteiger partial charge in [-0.2, -0.15) is 0 Å². The second-order valence-electron chi connectivity index (χ2n) is 2.99. The monoisotopic (exact) mass is 205 g/mol. The molecule has 3 atom stereocenters. The molecule has 1 saturated heterocycles. The first-order valence-corrected chi connectivity index (χ1v) is 4.00. The molecule has 1 amide bonds. The van der Waals surface area contributed by atoms with E-state index in [1.165, 1.54) is 6.92 Å². The van der Waals surface area contributed by atoms with E-state index in [-0.39, 0.29) is 6.61 Å². The van der Waals surface area contributed by atoms with Crippen LogP contribution in [0, 0.1) is 0 Å². The summed E-state index contributed by atoms with van der Waals surface area (Å²) < 4.78 is 0. The number of amides is 1. The normalized spacial score (nSPS) is 30.2. The summed E-state index contributed by atoms with van der Waals surface area (Å²) in [7, 11) is 0. The lowest BCUT2D eigenvalue weighted by Gasteiger charge is -2.33. The molecule has 1 aliphatic rings. The lowest BCUT2D eigenvalue weighted by atomic mass is 10.1. The van der Waals surface area contributed by atoms with Crippen molar-refractivity contribution in [3.8, 4) is 0 Å². The van der Waals surface area contributed by atoms with E-state index in [4.69, 9.17) is 15.3 Å². The maximum Gasteiger partial charge on any atom is 0.328 e. The summed E-state index contributed by atoms with van der Waals surface area (Å²) >= 11 is 0. The number of hydrogen-bond donors (Lipinski definition) is 3. The van der Waals surface area contributed by atoms with Crippen molar-refractivity contribution in [2.75, 3.05) is 6.61 Å². The highest BCUT2D eigenvalue weighted by molar-refractivity contribution is 5.85. The molecule has 3 N–H and O–H groups in total. The van der Waals surface area contributed by atoms with E-state index in [2.05, 4.69) is 4.84 Å². The van der Waals surface area contributed by atoms with E-state index in [1.807, 2.05) is 0 Å². The minimum Gasteiger partial charge on any atom is -0.480 e. The molecule has 7 heteroatoms. The predicted molar refractivity (Wildman–Crippen MR) is 41.9 cm³/mol. The van der Waals surface area contributed by atoms with Crippen LogP contribution in [0.4, 0.5) is 0 Å². The van der Waals surface area contributed by atoms with Crippen LogP contribution in [0.15, 0.2) is 0 Å². The van der Waals surface area contributed by atoms with Gasteiger partial charge < -0.3 is 15.3 Å². The molecule has 14 heavy (non-hydrogen) atoms. The van der Waals surface area contributed by atoms with Gasteiger partial charge in [0.15, 0.2) is 12.1 Å². The van der Waals surface area contributed by atoms with Crippen molar-refractivity contribution < 1.29 is 29.7 Å². The van der Waals surface area contributed by atoms with Crippen molar-refractivity contribution >= 4 is 11.9 Å². The van der Waals surface area contributed by atoms with Crippen molar-refractivity contribution in [1.29, 1.82) is 0 Å².